The maximum atomic E-state index is 11.4. The summed E-state index contributed by atoms with van der Waals surface area (Å²) in [7, 11) is 1.37. The van der Waals surface area contributed by atoms with Gasteiger partial charge < -0.3 is 15.4 Å². The summed E-state index contributed by atoms with van der Waals surface area (Å²) in [4.78, 5) is 13.6. The first-order valence-electron chi connectivity index (χ1n) is 5.90. The first kappa shape index (κ1) is 15.7. The number of thiocarbonyl (C=S) groups is 1. The van der Waals surface area contributed by atoms with Gasteiger partial charge in [-0.15, -0.1) is 0 Å². The smallest absolute Gasteiger partial charge is 0.325 e. The number of ether oxygens (including phenoxy) is 1. The third-order valence-corrected chi connectivity index (χ3v) is 3.16. The number of carbonyl (C=O) groups is 1. The van der Waals surface area contributed by atoms with Crippen molar-refractivity contribution < 1.29 is 9.53 Å². The molecular formula is C13H17ClN2O2S. The monoisotopic (exact) mass is 300 g/mol. The molecule has 0 saturated carbocycles. The van der Waals surface area contributed by atoms with Crippen molar-refractivity contribution in [1.29, 1.82) is 0 Å². The van der Waals surface area contributed by atoms with E-state index in [9.17, 15) is 4.79 Å². The maximum absolute atomic E-state index is 11.4. The first-order valence-corrected chi connectivity index (χ1v) is 6.69. The van der Waals surface area contributed by atoms with Crippen molar-refractivity contribution in [3.05, 3.63) is 28.8 Å². The highest BCUT2D eigenvalue weighted by atomic mass is 35.5. The lowest BCUT2D eigenvalue weighted by Gasteiger charge is -2.23. The summed E-state index contributed by atoms with van der Waals surface area (Å²) in [6.45, 7) is 2.96. The summed E-state index contributed by atoms with van der Waals surface area (Å²) in [6.07, 6.45) is 0.908. The summed E-state index contributed by atoms with van der Waals surface area (Å²) < 4.78 is 4.69. The van der Waals surface area contributed by atoms with Crippen LogP contribution in [0.4, 0.5) is 5.69 Å². The molecule has 19 heavy (non-hydrogen) atoms. The molecule has 0 saturated heterocycles. The number of nitrogens with two attached hydrogens (primary N) is 1. The molecular weight excluding hydrogens is 284 g/mol. The van der Waals surface area contributed by atoms with Crippen LogP contribution >= 0.6 is 23.8 Å². The van der Waals surface area contributed by atoms with Crippen molar-refractivity contribution in [3.63, 3.8) is 0 Å². The van der Waals surface area contributed by atoms with Crippen LogP contribution in [0.1, 0.15) is 18.9 Å². The van der Waals surface area contributed by atoms with Gasteiger partial charge in [-0.2, -0.15) is 0 Å². The van der Waals surface area contributed by atoms with Gasteiger partial charge in [-0.1, -0.05) is 30.7 Å². The Morgan fingerprint density at radius 2 is 2.21 bits per heavy atom. The number of halogens is 1. The van der Waals surface area contributed by atoms with Gasteiger partial charge in [0.2, 0.25) is 0 Å². The third kappa shape index (κ3) is 4.36. The van der Waals surface area contributed by atoms with Gasteiger partial charge in [0.05, 0.1) is 12.1 Å². The van der Waals surface area contributed by atoms with Gasteiger partial charge in [0.25, 0.3) is 0 Å². The molecule has 0 bridgehead atoms. The van der Waals surface area contributed by atoms with Crippen LogP contribution in [0.2, 0.25) is 5.02 Å². The second kappa shape index (κ2) is 7.31. The molecule has 1 rings (SSSR count). The Kier molecular flexibility index (Phi) is 6.05. The van der Waals surface area contributed by atoms with Gasteiger partial charge in [-0.05, 0) is 24.6 Å². The van der Waals surface area contributed by atoms with Crippen LogP contribution in [-0.2, 0) is 9.53 Å². The van der Waals surface area contributed by atoms with Crippen LogP contribution in [0.25, 0.3) is 0 Å². The average Bonchev–Trinajstić information content (AvgIpc) is 2.37. The van der Waals surface area contributed by atoms with Crippen LogP contribution < -0.4 is 10.6 Å². The number of nitrogens with zero attached hydrogens (tertiary/aromatic N) is 1. The number of rotatable bonds is 6. The second-order valence-corrected chi connectivity index (χ2v) is 4.87. The Morgan fingerprint density at radius 1 is 1.53 bits per heavy atom. The maximum Gasteiger partial charge on any atom is 0.325 e. The molecule has 0 heterocycles. The molecule has 0 aliphatic rings. The van der Waals surface area contributed by atoms with Gasteiger partial charge >= 0.3 is 5.97 Å². The quantitative estimate of drug-likeness (QED) is 0.646. The van der Waals surface area contributed by atoms with Crippen molar-refractivity contribution >= 4 is 40.5 Å². The Labute approximate surface area is 123 Å². The molecule has 0 aliphatic carbocycles. The highest BCUT2D eigenvalue weighted by Crippen LogP contribution is 2.24. The van der Waals surface area contributed by atoms with Crippen molar-refractivity contribution in [3.8, 4) is 0 Å². The molecule has 6 heteroatoms. The lowest BCUT2D eigenvalue weighted by Crippen LogP contribution is -2.31. The number of methoxy groups -OCH3 is 1. The minimum atomic E-state index is -0.289. The fourth-order valence-corrected chi connectivity index (χ4v) is 2.20. The number of esters is 1. The summed E-state index contributed by atoms with van der Waals surface area (Å²) >= 11 is 11.0. The summed E-state index contributed by atoms with van der Waals surface area (Å²) in [5.74, 6) is -0.289. The molecule has 0 radical (unpaired) electrons. The molecule has 0 aromatic heterocycles. The average molecular weight is 301 g/mol. The van der Waals surface area contributed by atoms with E-state index in [0.29, 0.717) is 10.6 Å². The molecule has 0 fully saturated rings. The van der Waals surface area contributed by atoms with Crippen LogP contribution in [0.5, 0.6) is 0 Å². The third-order valence-electron chi connectivity index (χ3n) is 2.62. The fourth-order valence-electron chi connectivity index (χ4n) is 1.69. The van der Waals surface area contributed by atoms with Crippen molar-refractivity contribution in [2.45, 2.75) is 13.3 Å². The zero-order chi connectivity index (χ0) is 14.4. The van der Waals surface area contributed by atoms with E-state index >= 15 is 0 Å². The number of carbonyl (C=O) groups excluding carboxylic acids is 1. The van der Waals surface area contributed by atoms with Gasteiger partial charge in [0.15, 0.2) is 0 Å². The Hall–Kier alpha value is -1.33. The minimum Gasteiger partial charge on any atom is -0.468 e. The topological polar surface area (TPSA) is 55.6 Å². The zero-order valence-electron chi connectivity index (χ0n) is 11.0. The SMILES string of the molecule is CCCN(CC(=O)OC)c1ccc(C(N)=S)c(Cl)c1. The largest absolute Gasteiger partial charge is 0.468 e. The molecule has 0 amide bonds. The predicted molar refractivity (Wildman–Crippen MR) is 81.9 cm³/mol. The van der Waals surface area contributed by atoms with Crippen molar-refractivity contribution in [2.24, 2.45) is 5.73 Å². The number of hydrogen-bond donors (Lipinski definition) is 1. The summed E-state index contributed by atoms with van der Waals surface area (Å²) in [5, 5.41) is 0.482. The molecule has 1 aromatic carbocycles. The normalized spacial score (nSPS) is 10.1. The van der Waals surface area contributed by atoms with Crippen molar-refractivity contribution in [1.82, 2.24) is 0 Å². The van der Waals surface area contributed by atoms with Gasteiger partial charge in [0, 0.05) is 17.8 Å². The van der Waals surface area contributed by atoms with Crippen LogP contribution in [0.15, 0.2) is 18.2 Å². The van der Waals surface area contributed by atoms with E-state index in [1.54, 1.807) is 12.1 Å². The molecule has 0 atom stereocenters. The van der Waals surface area contributed by atoms with Crippen LogP contribution in [0.3, 0.4) is 0 Å². The number of hydrogen-bond acceptors (Lipinski definition) is 4. The second-order valence-electron chi connectivity index (χ2n) is 4.03. The molecule has 0 aliphatic heterocycles. The Morgan fingerprint density at radius 3 is 2.68 bits per heavy atom. The molecule has 0 spiro atoms. The van der Waals surface area contributed by atoms with Crippen LogP contribution in [0, 0.1) is 0 Å². The lowest BCUT2D eigenvalue weighted by molar-refractivity contribution is -0.138. The van der Waals surface area contributed by atoms with E-state index in [2.05, 4.69) is 4.74 Å². The molecule has 4 nitrogen and oxygen atoms in total. The highest BCUT2D eigenvalue weighted by molar-refractivity contribution is 7.80. The van der Waals surface area contributed by atoms with E-state index in [4.69, 9.17) is 29.6 Å². The standard InChI is InChI=1S/C13H17ClN2O2S/c1-3-6-16(8-12(17)18-2)9-4-5-10(13(15)19)11(14)7-9/h4-5,7H,3,6,8H2,1-2H3,(H2,15,19). The van der Waals surface area contributed by atoms with Gasteiger partial charge in [0.1, 0.15) is 11.5 Å². The Balaban J connectivity index is 2.99. The van der Waals surface area contributed by atoms with Gasteiger partial charge in [-0.25, -0.2) is 0 Å². The molecule has 1 aromatic rings. The summed E-state index contributed by atoms with van der Waals surface area (Å²) in [5.41, 5.74) is 7.04. The van der Waals surface area contributed by atoms with Crippen molar-refractivity contribution in [2.75, 3.05) is 25.1 Å². The van der Waals surface area contributed by atoms with E-state index < -0.39 is 0 Å². The Bertz CT molecular complexity index is 480. The van der Waals surface area contributed by atoms with E-state index in [-0.39, 0.29) is 17.5 Å². The highest BCUT2D eigenvalue weighted by Gasteiger charge is 2.13. The molecule has 104 valence electrons. The van der Waals surface area contributed by atoms with Crippen LogP contribution in [-0.4, -0.2) is 31.2 Å². The van der Waals surface area contributed by atoms with E-state index in [0.717, 1.165) is 18.7 Å². The van der Waals surface area contributed by atoms with Gasteiger partial charge in [-0.3, -0.25) is 4.79 Å². The number of benzene rings is 1. The van der Waals surface area contributed by atoms with E-state index in [1.165, 1.54) is 7.11 Å². The first-order chi connectivity index (χ1) is 8.99. The van der Waals surface area contributed by atoms with E-state index in [1.807, 2.05) is 17.9 Å². The zero-order valence-corrected chi connectivity index (χ0v) is 12.6. The number of anilines is 1. The fraction of sp³-hybridized carbons (Fsp3) is 0.385. The molecule has 0 unspecified atom stereocenters. The lowest BCUT2D eigenvalue weighted by atomic mass is 10.2. The summed E-state index contributed by atoms with van der Waals surface area (Å²) in [6, 6.07) is 5.37. The predicted octanol–water partition coefficient (Wildman–Crippen LogP) is 2.36. The minimum absolute atomic E-state index is 0.188. The molecule has 2 N–H and O–H groups in total.